The average molecular weight is 340 g/mol. The molecule has 2 rings (SSSR count). The molecule has 0 aromatic rings. The molecule has 0 aromatic carbocycles. The lowest BCUT2D eigenvalue weighted by Gasteiger charge is -2.24. The topological polar surface area (TPSA) is 87.9 Å². The molecular formula is C17H32N4O3. The van der Waals surface area contributed by atoms with Crippen LogP contribution in [-0.4, -0.2) is 80.1 Å². The number of ether oxygens (including phenoxy) is 1. The Balaban J connectivity index is 1.66. The summed E-state index contributed by atoms with van der Waals surface area (Å²) in [5, 5.41) is 3.06. The van der Waals surface area contributed by atoms with Crippen molar-refractivity contribution in [2.45, 2.75) is 50.6 Å². The molecule has 1 amide bonds. The SMILES string of the molecule is COC(=O)[C@@H]1CCCN1CCCNC(=O)[C@@H]1CCCN1CCCN. The molecule has 24 heavy (non-hydrogen) atoms. The third kappa shape index (κ3) is 5.16. The van der Waals surface area contributed by atoms with Crippen LogP contribution in [0.25, 0.3) is 0 Å². The Morgan fingerprint density at radius 1 is 1.08 bits per heavy atom. The fourth-order valence-electron chi connectivity index (χ4n) is 3.79. The molecular weight excluding hydrogens is 308 g/mol. The van der Waals surface area contributed by atoms with E-state index in [-0.39, 0.29) is 24.0 Å². The molecule has 7 heteroatoms. The zero-order valence-electron chi connectivity index (χ0n) is 14.8. The molecule has 2 atom stereocenters. The monoisotopic (exact) mass is 340 g/mol. The van der Waals surface area contributed by atoms with Crippen LogP contribution in [0.1, 0.15) is 38.5 Å². The molecule has 0 bridgehead atoms. The van der Waals surface area contributed by atoms with E-state index in [1.807, 2.05) is 0 Å². The number of amides is 1. The number of rotatable bonds is 9. The standard InChI is InChI=1S/C17H32N4O3/c1-24-17(23)15-7-3-11-21(15)13-5-9-19-16(22)14-6-2-10-20(14)12-4-8-18/h14-15H,2-13,18H2,1H3,(H,19,22)/t14-,15-/m0/s1. The first-order chi connectivity index (χ1) is 11.7. The van der Waals surface area contributed by atoms with Crippen molar-refractivity contribution < 1.29 is 14.3 Å². The quantitative estimate of drug-likeness (QED) is 0.452. The number of likely N-dealkylation sites (tertiary alicyclic amines) is 2. The van der Waals surface area contributed by atoms with Gasteiger partial charge in [0.05, 0.1) is 13.2 Å². The molecule has 2 aliphatic heterocycles. The first-order valence-electron chi connectivity index (χ1n) is 9.21. The number of methoxy groups -OCH3 is 1. The van der Waals surface area contributed by atoms with Gasteiger partial charge < -0.3 is 15.8 Å². The van der Waals surface area contributed by atoms with Gasteiger partial charge in [0.2, 0.25) is 5.91 Å². The summed E-state index contributed by atoms with van der Waals surface area (Å²) in [6, 6.07) is -0.0987. The highest BCUT2D eigenvalue weighted by molar-refractivity contribution is 5.82. The zero-order chi connectivity index (χ0) is 17.4. The van der Waals surface area contributed by atoms with Gasteiger partial charge in [-0.05, 0) is 58.2 Å². The number of nitrogens with zero attached hydrogens (tertiary/aromatic N) is 2. The molecule has 2 fully saturated rings. The fraction of sp³-hybridized carbons (Fsp3) is 0.882. The van der Waals surface area contributed by atoms with Crippen molar-refractivity contribution in [2.24, 2.45) is 5.73 Å². The molecule has 2 heterocycles. The van der Waals surface area contributed by atoms with E-state index in [2.05, 4.69) is 15.1 Å². The van der Waals surface area contributed by atoms with Gasteiger partial charge in [0, 0.05) is 19.6 Å². The zero-order valence-corrected chi connectivity index (χ0v) is 14.8. The van der Waals surface area contributed by atoms with Crippen LogP contribution in [0.4, 0.5) is 0 Å². The summed E-state index contributed by atoms with van der Waals surface area (Å²) in [6.07, 6.45) is 5.72. The van der Waals surface area contributed by atoms with E-state index in [4.69, 9.17) is 10.5 Å². The second-order valence-corrected chi connectivity index (χ2v) is 6.70. The van der Waals surface area contributed by atoms with Crippen molar-refractivity contribution in [1.29, 1.82) is 0 Å². The Kier molecular flexibility index (Phi) is 7.94. The van der Waals surface area contributed by atoms with Gasteiger partial charge in [-0.1, -0.05) is 0 Å². The maximum Gasteiger partial charge on any atom is 0.323 e. The maximum atomic E-state index is 12.4. The van der Waals surface area contributed by atoms with Gasteiger partial charge in [-0.3, -0.25) is 19.4 Å². The highest BCUT2D eigenvalue weighted by Gasteiger charge is 2.31. The number of hydrogen-bond acceptors (Lipinski definition) is 6. The van der Waals surface area contributed by atoms with Crippen LogP contribution in [0.2, 0.25) is 0 Å². The maximum absolute atomic E-state index is 12.4. The molecule has 0 aromatic heterocycles. The lowest BCUT2D eigenvalue weighted by molar-refractivity contribution is -0.145. The third-order valence-corrected chi connectivity index (χ3v) is 5.07. The summed E-state index contributed by atoms with van der Waals surface area (Å²) >= 11 is 0. The Hall–Kier alpha value is -1.18. The van der Waals surface area contributed by atoms with E-state index in [1.165, 1.54) is 7.11 Å². The van der Waals surface area contributed by atoms with Crippen molar-refractivity contribution in [1.82, 2.24) is 15.1 Å². The number of carbonyl (C=O) groups is 2. The average Bonchev–Trinajstić information content (AvgIpc) is 3.25. The van der Waals surface area contributed by atoms with Crippen LogP contribution in [0, 0.1) is 0 Å². The fourth-order valence-corrected chi connectivity index (χ4v) is 3.79. The van der Waals surface area contributed by atoms with Crippen molar-refractivity contribution >= 4 is 11.9 Å². The van der Waals surface area contributed by atoms with Gasteiger partial charge in [-0.2, -0.15) is 0 Å². The lowest BCUT2D eigenvalue weighted by atomic mass is 10.2. The summed E-state index contributed by atoms with van der Waals surface area (Å²) in [5.41, 5.74) is 5.56. The van der Waals surface area contributed by atoms with Crippen LogP contribution in [0.3, 0.4) is 0 Å². The molecule has 0 spiro atoms. The third-order valence-electron chi connectivity index (χ3n) is 5.07. The molecule has 0 radical (unpaired) electrons. The van der Waals surface area contributed by atoms with Gasteiger partial charge in [0.1, 0.15) is 6.04 Å². The number of hydrogen-bond donors (Lipinski definition) is 2. The molecule has 2 saturated heterocycles. The first kappa shape index (κ1) is 19.1. The van der Waals surface area contributed by atoms with Crippen LogP contribution in [0.15, 0.2) is 0 Å². The molecule has 0 aliphatic carbocycles. The predicted molar refractivity (Wildman–Crippen MR) is 92.5 cm³/mol. The molecule has 0 saturated carbocycles. The molecule has 2 aliphatic rings. The van der Waals surface area contributed by atoms with E-state index in [1.54, 1.807) is 0 Å². The van der Waals surface area contributed by atoms with Gasteiger partial charge in [-0.25, -0.2) is 0 Å². The lowest BCUT2D eigenvalue weighted by Crippen LogP contribution is -2.44. The van der Waals surface area contributed by atoms with Gasteiger partial charge in [0.25, 0.3) is 0 Å². The largest absolute Gasteiger partial charge is 0.468 e. The smallest absolute Gasteiger partial charge is 0.323 e. The molecule has 138 valence electrons. The van der Waals surface area contributed by atoms with E-state index >= 15 is 0 Å². The van der Waals surface area contributed by atoms with Crippen LogP contribution in [-0.2, 0) is 14.3 Å². The Bertz CT molecular complexity index is 419. The predicted octanol–water partition coefficient (Wildman–Crippen LogP) is -0.0567. The summed E-state index contributed by atoms with van der Waals surface area (Å²) < 4.78 is 4.86. The second kappa shape index (κ2) is 9.96. The van der Waals surface area contributed by atoms with E-state index in [0.717, 1.165) is 64.7 Å². The Labute approximate surface area is 144 Å². The highest BCUT2D eigenvalue weighted by Crippen LogP contribution is 2.19. The molecule has 3 N–H and O–H groups in total. The number of nitrogens with two attached hydrogens (primary N) is 1. The minimum Gasteiger partial charge on any atom is -0.468 e. The summed E-state index contributed by atoms with van der Waals surface area (Å²) in [6.45, 7) is 4.98. The normalized spacial score (nSPS) is 25.1. The van der Waals surface area contributed by atoms with E-state index < -0.39 is 0 Å². The van der Waals surface area contributed by atoms with Crippen LogP contribution < -0.4 is 11.1 Å². The second-order valence-electron chi connectivity index (χ2n) is 6.70. The minimum atomic E-state index is -0.141. The van der Waals surface area contributed by atoms with Crippen LogP contribution >= 0.6 is 0 Å². The Morgan fingerprint density at radius 3 is 2.38 bits per heavy atom. The van der Waals surface area contributed by atoms with Crippen molar-refractivity contribution in [2.75, 3.05) is 46.4 Å². The number of esters is 1. The van der Waals surface area contributed by atoms with Crippen molar-refractivity contribution in [3.63, 3.8) is 0 Å². The minimum absolute atomic E-state index is 0.00570. The molecule has 7 nitrogen and oxygen atoms in total. The highest BCUT2D eigenvalue weighted by atomic mass is 16.5. The first-order valence-corrected chi connectivity index (χ1v) is 9.21. The van der Waals surface area contributed by atoms with Crippen molar-refractivity contribution in [3.05, 3.63) is 0 Å². The van der Waals surface area contributed by atoms with Gasteiger partial charge in [-0.15, -0.1) is 0 Å². The number of nitrogens with one attached hydrogen (secondary N) is 1. The van der Waals surface area contributed by atoms with E-state index in [9.17, 15) is 9.59 Å². The van der Waals surface area contributed by atoms with E-state index in [0.29, 0.717) is 13.1 Å². The van der Waals surface area contributed by atoms with Gasteiger partial charge in [0.15, 0.2) is 0 Å². The summed E-state index contributed by atoms with van der Waals surface area (Å²) in [5.74, 6) is -0.00602. The van der Waals surface area contributed by atoms with Gasteiger partial charge >= 0.3 is 5.97 Å². The number of carbonyl (C=O) groups excluding carboxylic acids is 2. The molecule has 0 unspecified atom stereocenters. The summed E-state index contributed by atoms with van der Waals surface area (Å²) in [7, 11) is 1.44. The van der Waals surface area contributed by atoms with Crippen LogP contribution in [0.5, 0.6) is 0 Å². The Morgan fingerprint density at radius 2 is 1.71 bits per heavy atom. The van der Waals surface area contributed by atoms with Crippen molar-refractivity contribution in [3.8, 4) is 0 Å². The summed E-state index contributed by atoms with van der Waals surface area (Å²) in [4.78, 5) is 28.5.